The highest BCUT2D eigenvalue weighted by atomic mass is 16.5. The Kier molecular flexibility index (Phi) is 4.32. The normalized spacial score (nSPS) is 13.7. The lowest BCUT2D eigenvalue weighted by atomic mass is 10.2. The van der Waals surface area contributed by atoms with E-state index in [4.69, 9.17) is 10.5 Å². The predicted molar refractivity (Wildman–Crippen MR) is 43.9 cm³/mol. The molecule has 0 aromatic heterocycles. The van der Waals surface area contributed by atoms with Crippen LogP contribution in [0.15, 0.2) is 12.2 Å². The molecule has 0 aromatic carbocycles. The van der Waals surface area contributed by atoms with Crippen molar-refractivity contribution in [2.45, 2.75) is 32.9 Å². The Morgan fingerprint density at radius 1 is 1.60 bits per heavy atom. The molecule has 1 atom stereocenters. The third-order valence-corrected chi connectivity index (χ3v) is 1.24. The van der Waals surface area contributed by atoms with Gasteiger partial charge in [-0.05, 0) is 20.8 Å². The lowest BCUT2D eigenvalue weighted by Gasteiger charge is -2.13. The van der Waals surface area contributed by atoms with E-state index in [0.29, 0.717) is 6.61 Å². The highest BCUT2D eigenvalue weighted by Crippen LogP contribution is 1.97. The first-order valence-electron chi connectivity index (χ1n) is 3.56. The van der Waals surface area contributed by atoms with Crippen LogP contribution in [-0.2, 0) is 4.74 Å². The van der Waals surface area contributed by atoms with E-state index >= 15 is 0 Å². The van der Waals surface area contributed by atoms with Crippen LogP contribution >= 0.6 is 0 Å². The van der Waals surface area contributed by atoms with E-state index < -0.39 is 0 Å². The summed E-state index contributed by atoms with van der Waals surface area (Å²) in [6, 6.07) is -0.0117. The summed E-state index contributed by atoms with van der Waals surface area (Å²) in [5.41, 5.74) is 6.61. The molecule has 0 bridgehead atoms. The summed E-state index contributed by atoms with van der Waals surface area (Å²) >= 11 is 0. The molecule has 0 saturated heterocycles. The van der Waals surface area contributed by atoms with Crippen molar-refractivity contribution in [3.05, 3.63) is 12.2 Å². The predicted octanol–water partition coefficient (Wildman–Crippen LogP) is 1.31. The molecule has 0 rings (SSSR count). The van der Waals surface area contributed by atoms with Crippen molar-refractivity contribution in [1.82, 2.24) is 0 Å². The average molecular weight is 143 g/mol. The first-order valence-corrected chi connectivity index (χ1v) is 3.56. The van der Waals surface area contributed by atoms with Gasteiger partial charge in [-0.15, -0.1) is 0 Å². The second-order valence-electron chi connectivity index (χ2n) is 2.83. The topological polar surface area (TPSA) is 35.2 Å². The molecule has 0 spiro atoms. The fraction of sp³-hybridized carbons (Fsp3) is 0.750. The van der Waals surface area contributed by atoms with Gasteiger partial charge in [0.2, 0.25) is 0 Å². The molecule has 0 aliphatic rings. The summed E-state index contributed by atoms with van der Waals surface area (Å²) in [4.78, 5) is 0. The molecule has 0 aliphatic carbocycles. The van der Waals surface area contributed by atoms with E-state index in [1.54, 1.807) is 0 Å². The lowest BCUT2D eigenvalue weighted by molar-refractivity contribution is 0.0738. The van der Waals surface area contributed by atoms with E-state index in [1.165, 1.54) is 0 Å². The van der Waals surface area contributed by atoms with E-state index in [1.807, 2.05) is 20.8 Å². The van der Waals surface area contributed by atoms with Crippen LogP contribution in [0.4, 0.5) is 0 Å². The van der Waals surface area contributed by atoms with Crippen LogP contribution in [0.1, 0.15) is 20.8 Å². The van der Waals surface area contributed by atoms with Crippen molar-refractivity contribution >= 4 is 0 Å². The van der Waals surface area contributed by atoms with Gasteiger partial charge in [-0.3, -0.25) is 0 Å². The zero-order chi connectivity index (χ0) is 8.15. The van der Waals surface area contributed by atoms with Gasteiger partial charge in [0.25, 0.3) is 0 Å². The van der Waals surface area contributed by atoms with Crippen LogP contribution in [0.25, 0.3) is 0 Å². The summed E-state index contributed by atoms with van der Waals surface area (Å²) in [5, 5.41) is 0. The van der Waals surface area contributed by atoms with Crippen molar-refractivity contribution in [2.24, 2.45) is 5.73 Å². The van der Waals surface area contributed by atoms with E-state index in [0.717, 1.165) is 5.57 Å². The van der Waals surface area contributed by atoms with Crippen molar-refractivity contribution in [3.63, 3.8) is 0 Å². The van der Waals surface area contributed by atoms with Gasteiger partial charge in [-0.1, -0.05) is 12.2 Å². The largest absolute Gasteiger partial charge is 0.377 e. The molecule has 2 heteroatoms. The first-order chi connectivity index (χ1) is 4.54. The van der Waals surface area contributed by atoms with Gasteiger partial charge >= 0.3 is 0 Å². The fourth-order valence-corrected chi connectivity index (χ4v) is 0.438. The molecule has 1 unspecified atom stereocenters. The second kappa shape index (κ2) is 4.47. The number of ether oxygens (including phenoxy) is 1. The highest BCUT2D eigenvalue weighted by molar-refractivity contribution is 4.99. The maximum Gasteiger partial charge on any atom is 0.0659 e. The van der Waals surface area contributed by atoms with E-state index in [2.05, 4.69) is 6.58 Å². The van der Waals surface area contributed by atoms with Gasteiger partial charge in [0.05, 0.1) is 12.7 Å². The molecule has 0 saturated carbocycles. The van der Waals surface area contributed by atoms with Crippen LogP contribution in [-0.4, -0.2) is 18.8 Å². The lowest BCUT2D eigenvalue weighted by Crippen LogP contribution is -2.28. The van der Waals surface area contributed by atoms with Crippen LogP contribution in [0.5, 0.6) is 0 Å². The van der Waals surface area contributed by atoms with Crippen molar-refractivity contribution in [1.29, 1.82) is 0 Å². The van der Waals surface area contributed by atoms with Gasteiger partial charge in [-0.2, -0.15) is 0 Å². The number of nitrogens with two attached hydrogens (primary N) is 1. The minimum Gasteiger partial charge on any atom is -0.377 e. The van der Waals surface area contributed by atoms with Gasteiger partial charge in [-0.25, -0.2) is 0 Å². The summed E-state index contributed by atoms with van der Waals surface area (Å²) in [5.74, 6) is 0. The molecule has 0 aliphatic heterocycles. The zero-order valence-electron chi connectivity index (χ0n) is 7.05. The molecule has 2 nitrogen and oxygen atoms in total. The first kappa shape index (κ1) is 9.66. The molecule has 0 fully saturated rings. The molecule has 0 heterocycles. The van der Waals surface area contributed by atoms with E-state index in [-0.39, 0.29) is 12.1 Å². The van der Waals surface area contributed by atoms with Crippen LogP contribution in [0.2, 0.25) is 0 Å². The summed E-state index contributed by atoms with van der Waals surface area (Å²) < 4.78 is 5.28. The van der Waals surface area contributed by atoms with Gasteiger partial charge in [0.15, 0.2) is 0 Å². The van der Waals surface area contributed by atoms with Gasteiger partial charge in [0.1, 0.15) is 0 Å². The maximum absolute atomic E-state index is 5.64. The quantitative estimate of drug-likeness (QED) is 0.602. The van der Waals surface area contributed by atoms with Gasteiger partial charge < -0.3 is 10.5 Å². The van der Waals surface area contributed by atoms with Gasteiger partial charge in [0, 0.05) is 6.04 Å². The maximum atomic E-state index is 5.64. The molecule has 0 amide bonds. The highest BCUT2D eigenvalue weighted by Gasteiger charge is 2.02. The smallest absolute Gasteiger partial charge is 0.0659 e. The standard InChI is InChI=1S/C8H17NO/c1-6(2)8(9)5-10-7(3)4/h7-8H,1,5,9H2,2-4H3. The molecule has 0 radical (unpaired) electrons. The zero-order valence-corrected chi connectivity index (χ0v) is 7.05. The third kappa shape index (κ3) is 4.53. The third-order valence-electron chi connectivity index (χ3n) is 1.24. The SMILES string of the molecule is C=C(C)C(N)COC(C)C. The summed E-state index contributed by atoms with van der Waals surface area (Å²) in [6.45, 7) is 10.2. The molecule has 0 aromatic rings. The Balaban J connectivity index is 3.40. The van der Waals surface area contributed by atoms with Crippen LogP contribution in [0, 0.1) is 0 Å². The second-order valence-corrected chi connectivity index (χ2v) is 2.83. The summed E-state index contributed by atoms with van der Waals surface area (Å²) in [6.07, 6.45) is 0.255. The number of rotatable bonds is 4. The number of hydrogen-bond donors (Lipinski definition) is 1. The molecule has 10 heavy (non-hydrogen) atoms. The number of hydrogen-bond acceptors (Lipinski definition) is 2. The van der Waals surface area contributed by atoms with Crippen molar-refractivity contribution < 1.29 is 4.74 Å². The molecular weight excluding hydrogens is 126 g/mol. The Hall–Kier alpha value is -0.340. The summed E-state index contributed by atoms with van der Waals surface area (Å²) in [7, 11) is 0. The fourth-order valence-electron chi connectivity index (χ4n) is 0.438. The monoisotopic (exact) mass is 143 g/mol. The minimum absolute atomic E-state index is 0.0117. The van der Waals surface area contributed by atoms with Crippen molar-refractivity contribution in [3.8, 4) is 0 Å². The Morgan fingerprint density at radius 3 is 2.40 bits per heavy atom. The molecule has 60 valence electrons. The Bertz CT molecular complexity index is 110. The Morgan fingerprint density at radius 2 is 2.10 bits per heavy atom. The van der Waals surface area contributed by atoms with Crippen molar-refractivity contribution in [2.75, 3.05) is 6.61 Å². The van der Waals surface area contributed by atoms with Crippen LogP contribution in [0.3, 0.4) is 0 Å². The molecule has 2 N–H and O–H groups in total. The molecular formula is C8H17NO. The van der Waals surface area contributed by atoms with Crippen LogP contribution < -0.4 is 5.73 Å². The van der Waals surface area contributed by atoms with E-state index in [9.17, 15) is 0 Å². The Labute approximate surface area is 63.1 Å². The average Bonchev–Trinajstić information content (AvgIpc) is 1.82. The minimum atomic E-state index is -0.0117.